The number of para-hydroxylation sites is 3. The Morgan fingerprint density at radius 3 is 2.03 bits per heavy atom. The molecule has 0 unspecified atom stereocenters. The highest BCUT2D eigenvalue weighted by atomic mass is 16.5. The second-order valence-corrected chi connectivity index (χ2v) is 7.71. The van der Waals surface area contributed by atoms with Gasteiger partial charge in [-0.1, -0.05) is 60.7 Å². The summed E-state index contributed by atoms with van der Waals surface area (Å²) < 4.78 is 17.3. The van der Waals surface area contributed by atoms with Gasteiger partial charge in [0.25, 0.3) is 0 Å². The third-order valence-electron chi connectivity index (χ3n) is 5.07. The Balaban J connectivity index is 1.20. The summed E-state index contributed by atoms with van der Waals surface area (Å²) in [5.74, 6) is 2.05. The van der Waals surface area contributed by atoms with E-state index in [1.54, 1.807) is 0 Å². The van der Waals surface area contributed by atoms with E-state index < -0.39 is 0 Å². The Bertz CT molecular complexity index is 1180. The molecule has 0 bridgehead atoms. The molecule has 0 fully saturated rings. The molecule has 4 aromatic carbocycles. The molecule has 0 aliphatic rings. The van der Waals surface area contributed by atoms with Gasteiger partial charge in [0.1, 0.15) is 37.1 Å². The third kappa shape index (κ3) is 7.82. The number of hydrogen-bond acceptors (Lipinski definition) is 5. The monoisotopic (exact) mass is 468 g/mol. The minimum Gasteiger partial charge on any atom is -0.490 e. The van der Waals surface area contributed by atoms with Crippen LogP contribution < -0.4 is 24.8 Å². The molecule has 0 aliphatic carbocycles. The van der Waals surface area contributed by atoms with E-state index in [1.165, 1.54) is 0 Å². The zero-order valence-corrected chi connectivity index (χ0v) is 19.4. The number of nitrogens with one attached hydrogen (secondary N) is 2. The van der Waals surface area contributed by atoms with Crippen molar-refractivity contribution in [3.8, 4) is 17.2 Å². The maximum atomic E-state index is 12.4. The lowest BCUT2D eigenvalue weighted by molar-refractivity contribution is -0.114. The quantitative estimate of drug-likeness (QED) is 0.258. The van der Waals surface area contributed by atoms with E-state index in [4.69, 9.17) is 14.2 Å². The molecule has 0 saturated heterocycles. The molecule has 0 spiro atoms. The first-order valence-corrected chi connectivity index (χ1v) is 11.5. The van der Waals surface area contributed by atoms with Gasteiger partial charge in [-0.05, 0) is 54.1 Å². The summed E-state index contributed by atoms with van der Waals surface area (Å²) >= 11 is 0. The highest BCUT2D eigenvalue weighted by Crippen LogP contribution is 2.24. The molecule has 0 aromatic heterocycles. The summed E-state index contributed by atoms with van der Waals surface area (Å²) in [6.07, 6.45) is 0. The minimum atomic E-state index is -0.162. The van der Waals surface area contributed by atoms with Crippen LogP contribution in [0, 0.1) is 0 Å². The molecular formula is C29H28N2O4. The predicted molar refractivity (Wildman–Crippen MR) is 138 cm³/mol. The predicted octanol–water partition coefficient (Wildman–Crippen LogP) is 5.77. The molecule has 6 nitrogen and oxygen atoms in total. The molecular weight excluding hydrogens is 440 g/mol. The highest BCUT2D eigenvalue weighted by Gasteiger charge is 2.07. The lowest BCUT2D eigenvalue weighted by Gasteiger charge is -2.14. The summed E-state index contributed by atoms with van der Waals surface area (Å²) in [5, 5.41) is 6.02. The standard InChI is InChI=1S/C29H28N2O4/c32-29(31-24-15-17-26(18-16-24)35-22-23-9-3-1-4-10-23)21-30-27-13-7-8-14-28(27)34-20-19-33-25-11-5-2-6-12-25/h1-18,30H,19-22H2,(H,31,32). The Morgan fingerprint density at radius 2 is 1.26 bits per heavy atom. The van der Waals surface area contributed by atoms with Gasteiger partial charge < -0.3 is 24.8 Å². The summed E-state index contributed by atoms with van der Waals surface area (Å²) in [4.78, 5) is 12.4. The first kappa shape index (κ1) is 23.7. The molecule has 0 saturated carbocycles. The van der Waals surface area contributed by atoms with Crippen LogP contribution in [0.25, 0.3) is 0 Å². The number of anilines is 2. The number of benzene rings is 4. The maximum Gasteiger partial charge on any atom is 0.243 e. The van der Waals surface area contributed by atoms with Gasteiger partial charge in [-0.3, -0.25) is 4.79 Å². The molecule has 2 N–H and O–H groups in total. The number of carbonyl (C=O) groups excluding carboxylic acids is 1. The number of hydrogen-bond donors (Lipinski definition) is 2. The van der Waals surface area contributed by atoms with Crippen molar-refractivity contribution in [1.82, 2.24) is 0 Å². The highest BCUT2D eigenvalue weighted by molar-refractivity contribution is 5.94. The van der Waals surface area contributed by atoms with Crippen LogP contribution in [-0.2, 0) is 11.4 Å². The fourth-order valence-corrected chi connectivity index (χ4v) is 3.32. The van der Waals surface area contributed by atoms with E-state index in [-0.39, 0.29) is 12.5 Å². The average molecular weight is 469 g/mol. The lowest BCUT2D eigenvalue weighted by atomic mass is 10.2. The number of ether oxygens (including phenoxy) is 3. The molecule has 178 valence electrons. The van der Waals surface area contributed by atoms with Gasteiger partial charge in [0.2, 0.25) is 5.91 Å². The van der Waals surface area contributed by atoms with Crippen LogP contribution in [0.5, 0.6) is 17.2 Å². The molecule has 6 heteroatoms. The minimum absolute atomic E-state index is 0.104. The van der Waals surface area contributed by atoms with E-state index in [0.29, 0.717) is 31.3 Å². The van der Waals surface area contributed by atoms with Crippen LogP contribution in [0.3, 0.4) is 0 Å². The summed E-state index contributed by atoms with van der Waals surface area (Å²) in [5.41, 5.74) is 2.54. The van der Waals surface area contributed by atoms with Crippen molar-refractivity contribution >= 4 is 17.3 Å². The Kier molecular flexibility index (Phi) is 8.60. The first-order chi connectivity index (χ1) is 17.3. The zero-order chi connectivity index (χ0) is 24.1. The van der Waals surface area contributed by atoms with Crippen molar-refractivity contribution in [3.63, 3.8) is 0 Å². The van der Waals surface area contributed by atoms with E-state index in [2.05, 4.69) is 10.6 Å². The molecule has 1 amide bonds. The van der Waals surface area contributed by atoms with Crippen molar-refractivity contribution in [2.75, 3.05) is 30.4 Å². The molecule has 0 atom stereocenters. The fraction of sp³-hybridized carbons (Fsp3) is 0.138. The second kappa shape index (κ2) is 12.7. The smallest absolute Gasteiger partial charge is 0.243 e. The van der Waals surface area contributed by atoms with Crippen molar-refractivity contribution in [1.29, 1.82) is 0 Å². The van der Waals surface area contributed by atoms with E-state index in [9.17, 15) is 4.79 Å². The van der Waals surface area contributed by atoms with Gasteiger partial charge in [-0.2, -0.15) is 0 Å². The number of amides is 1. The van der Waals surface area contributed by atoms with Gasteiger partial charge in [0, 0.05) is 5.69 Å². The first-order valence-electron chi connectivity index (χ1n) is 11.5. The molecule has 35 heavy (non-hydrogen) atoms. The Hall–Kier alpha value is -4.45. The summed E-state index contributed by atoms with van der Waals surface area (Å²) in [6, 6.07) is 34.4. The maximum absolute atomic E-state index is 12.4. The van der Waals surface area contributed by atoms with Crippen LogP contribution in [0.2, 0.25) is 0 Å². The fourth-order valence-electron chi connectivity index (χ4n) is 3.32. The van der Waals surface area contributed by atoms with Gasteiger partial charge in [0.05, 0.1) is 12.2 Å². The average Bonchev–Trinajstić information content (AvgIpc) is 2.91. The largest absolute Gasteiger partial charge is 0.490 e. The van der Waals surface area contributed by atoms with E-state index in [0.717, 1.165) is 22.7 Å². The zero-order valence-electron chi connectivity index (χ0n) is 19.4. The van der Waals surface area contributed by atoms with Gasteiger partial charge in [-0.15, -0.1) is 0 Å². The molecule has 4 rings (SSSR count). The molecule has 0 aliphatic heterocycles. The molecule has 4 aromatic rings. The topological polar surface area (TPSA) is 68.8 Å². The van der Waals surface area contributed by atoms with Crippen LogP contribution in [0.4, 0.5) is 11.4 Å². The van der Waals surface area contributed by atoms with Crippen LogP contribution in [-0.4, -0.2) is 25.7 Å². The second-order valence-electron chi connectivity index (χ2n) is 7.71. The van der Waals surface area contributed by atoms with Crippen molar-refractivity contribution < 1.29 is 19.0 Å². The number of carbonyl (C=O) groups is 1. The van der Waals surface area contributed by atoms with Gasteiger partial charge in [-0.25, -0.2) is 0 Å². The number of rotatable bonds is 12. The van der Waals surface area contributed by atoms with Crippen molar-refractivity contribution in [2.24, 2.45) is 0 Å². The van der Waals surface area contributed by atoms with Gasteiger partial charge >= 0.3 is 0 Å². The SMILES string of the molecule is O=C(CNc1ccccc1OCCOc1ccccc1)Nc1ccc(OCc2ccccc2)cc1. The Morgan fingerprint density at radius 1 is 0.629 bits per heavy atom. The molecule has 0 heterocycles. The van der Waals surface area contributed by atoms with Crippen molar-refractivity contribution in [3.05, 3.63) is 115 Å². The summed E-state index contributed by atoms with van der Waals surface area (Å²) in [6.45, 7) is 1.41. The van der Waals surface area contributed by atoms with Gasteiger partial charge in [0.15, 0.2) is 0 Å². The molecule has 0 radical (unpaired) electrons. The van der Waals surface area contributed by atoms with E-state index in [1.807, 2.05) is 109 Å². The Labute approximate surface area is 205 Å². The lowest BCUT2D eigenvalue weighted by Crippen LogP contribution is -2.22. The van der Waals surface area contributed by atoms with Crippen molar-refractivity contribution in [2.45, 2.75) is 6.61 Å². The normalized spacial score (nSPS) is 10.3. The van der Waals surface area contributed by atoms with E-state index >= 15 is 0 Å². The third-order valence-corrected chi connectivity index (χ3v) is 5.07. The summed E-state index contributed by atoms with van der Waals surface area (Å²) in [7, 11) is 0. The van der Waals surface area contributed by atoms with Crippen LogP contribution >= 0.6 is 0 Å². The van der Waals surface area contributed by atoms with Crippen LogP contribution in [0.15, 0.2) is 109 Å². The van der Waals surface area contributed by atoms with Crippen LogP contribution in [0.1, 0.15) is 5.56 Å².